The van der Waals surface area contributed by atoms with Crippen LogP contribution in [0.2, 0.25) is 0 Å². The van der Waals surface area contributed by atoms with E-state index in [2.05, 4.69) is 5.10 Å². The number of carbonyl (C=O) groups is 1. The Kier molecular flexibility index (Phi) is 5.38. The van der Waals surface area contributed by atoms with Crippen molar-refractivity contribution in [3.05, 3.63) is 72.9 Å². The summed E-state index contributed by atoms with van der Waals surface area (Å²) in [6, 6.07) is 18.4. The number of nitrogens with zero attached hydrogens (tertiary/aromatic N) is 2. The molecule has 5 nitrogen and oxygen atoms in total. The second-order valence-corrected chi connectivity index (χ2v) is 4.76. The van der Waals surface area contributed by atoms with Crippen molar-refractivity contribution in [1.82, 2.24) is 0 Å². The third-order valence-corrected chi connectivity index (χ3v) is 3.20. The van der Waals surface area contributed by atoms with Crippen molar-refractivity contribution < 1.29 is 9.53 Å². The molecule has 2 N–H and O–H groups in total. The predicted octanol–water partition coefficient (Wildman–Crippen LogP) is 2.94. The number of carbonyl (C=O) groups excluding carboxylic acids is 1. The lowest BCUT2D eigenvalue weighted by Gasteiger charge is -2.22. The summed E-state index contributed by atoms with van der Waals surface area (Å²) in [7, 11) is 0. The number of nitrogens with two attached hydrogens (primary N) is 1. The summed E-state index contributed by atoms with van der Waals surface area (Å²) in [5.74, 6) is -0.442. The maximum Gasteiger partial charge on any atom is 0.326 e. The number of hydrogen-bond acceptors (Lipinski definition) is 5. The molecule has 0 fully saturated rings. The normalized spacial score (nSPS) is 16.3. The molecular formula is C17H16ClN3O2. The number of esters is 1. The van der Waals surface area contributed by atoms with Crippen LogP contribution in [-0.4, -0.2) is 11.8 Å². The fourth-order valence-electron chi connectivity index (χ4n) is 2.08. The lowest BCUT2D eigenvalue weighted by molar-refractivity contribution is -0.135. The summed E-state index contributed by atoms with van der Waals surface area (Å²) in [4.78, 5) is 12.2. The van der Waals surface area contributed by atoms with Gasteiger partial charge in [-0.25, -0.2) is 5.01 Å². The van der Waals surface area contributed by atoms with Crippen molar-refractivity contribution in [2.75, 3.05) is 5.01 Å². The Morgan fingerprint density at radius 2 is 1.65 bits per heavy atom. The molecule has 0 saturated carbocycles. The zero-order chi connectivity index (χ0) is 15.4. The minimum absolute atomic E-state index is 0. The lowest BCUT2D eigenvalue weighted by Crippen LogP contribution is -2.36. The number of amidine groups is 1. The molecule has 1 atom stereocenters. The molecule has 2 aromatic carbocycles. The minimum atomic E-state index is -0.680. The van der Waals surface area contributed by atoms with Gasteiger partial charge in [-0.1, -0.05) is 36.4 Å². The standard InChI is InChI=1S/C17H15N3O2.ClH/c18-16-15(17(21)22-14-9-5-2-6-10-14)11-12-20(19-16)13-7-3-1-4-8-13;/h1-12,15H,(H2,18,19);1H. The molecule has 118 valence electrons. The molecule has 0 amide bonds. The Labute approximate surface area is 140 Å². The van der Waals surface area contributed by atoms with Crippen LogP contribution in [0, 0.1) is 5.92 Å². The van der Waals surface area contributed by atoms with E-state index in [1.165, 1.54) is 0 Å². The molecule has 23 heavy (non-hydrogen) atoms. The Morgan fingerprint density at radius 3 is 2.26 bits per heavy atom. The number of hydrogen-bond donors (Lipinski definition) is 1. The smallest absolute Gasteiger partial charge is 0.326 e. The average molecular weight is 330 g/mol. The Morgan fingerprint density at radius 1 is 1.04 bits per heavy atom. The SMILES string of the molecule is Cl.NC1=NN(c2ccccc2)C=CC1C(=O)Oc1ccccc1. The highest BCUT2D eigenvalue weighted by Gasteiger charge is 2.26. The summed E-state index contributed by atoms with van der Waals surface area (Å²) in [6.07, 6.45) is 3.39. The van der Waals surface area contributed by atoms with E-state index < -0.39 is 11.9 Å². The second kappa shape index (κ2) is 7.47. The van der Waals surface area contributed by atoms with Crippen LogP contribution in [-0.2, 0) is 4.79 Å². The molecule has 0 saturated heterocycles. The summed E-state index contributed by atoms with van der Waals surface area (Å²) < 4.78 is 5.30. The van der Waals surface area contributed by atoms with E-state index in [4.69, 9.17) is 10.5 Å². The first-order valence-electron chi connectivity index (χ1n) is 6.87. The second-order valence-electron chi connectivity index (χ2n) is 4.76. The number of anilines is 1. The van der Waals surface area contributed by atoms with Crippen molar-refractivity contribution >= 4 is 29.9 Å². The van der Waals surface area contributed by atoms with Crippen LogP contribution >= 0.6 is 12.4 Å². The van der Waals surface area contributed by atoms with E-state index in [1.54, 1.807) is 41.6 Å². The van der Waals surface area contributed by atoms with E-state index in [0.29, 0.717) is 5.75 Å². The first-order chi connectivity index (χ1) is 10.7. The number of hydrazone groups is 1. The maximum atomic E-state index is 12.2. The summed E-state index contributed by atoms with van der Waals surface area (Å²) in [6.45, 7) is 0. The van der Waals surface area contributed by atoms with Gasteiger partial charge in [0.05, 0.1) is 5.69 Å². The van der Waals surface area contributed by atoms with Crippen molar-refractivity contribution in [2.45, 2.75) is 0 Å². The van der Waals surface area contributed by atoms with Crippen LogP contribution < -0.4 is 15.5 Å². The first-order valence-corrected chi connectivity index (χ1v) is 6.87. The molecule has 6 heteroatoms. The quantitative estimate of drug-likeness (QED) is 0.694. The van der Waals surface area contributed by atoms with Gasteiger partial charge in [0.15, 0.2) is 0 Å². The number of benzene rings is 2. The number of halogens is 1. The molecule has 0 aromatic heterocycles. The molecule has 1 unspecified atom stereocenters. The minimum Gasteiger partial charge on any atom is -0.426 e. The van der Waals surface area contributed by atoms with Gasteiger partial charge in [0.1, 0.15) is 17.5 Å². The summed E-state index contributed by atoms with van der Waals surface area (Å²) >= 11 is 0. The fourth-order valence-corrected chi connectivity index (χ4v) is 2.08. The van der Waals surface area contributed by atoms with Crippen molar-refractivity contribution in [1.29, 1.82) is 0 Å². The number of rotatable bonds is 3. The molecule has 1 heterocycles. The van der Waals surface area contributed by atoms with Gasteiger partial charge in [-0.15, -0.1) is 12.4 Å². The van der Waals surface area contributed by atoms with E-state index in [-0.39, 0.29) is 18.2 Å². The third-order valence-electron chi connectivity index (χ3n) is 3.20. The van der Waals surface area contributed by atoms with E-state index in [1.807, 2.05) is 36.4 Å². The first kappa shape index (κ1) is 16.6. The molecule has 1 aliphatic rings. The van der Waals surface area contributed by atoms with Gasteiger partial charge in [0.2, 0.25) is 0 Å². The van der Waals surface area contributed by atoms with E-state index in [9.17, 15) is 4.79 Å². The summed E-state index contributed by atoms with van der Waals surface area (Å²) in [5, 5.41) is 5.86. The Balaban J connectivity index is 0.00000192. The Hall–Kier alpha value is -2.79. The highest BCUT2D eigenvalue weighted by Crippen LogP contribution is 2.20. The van der Waals surface area contributed by atoms with Gasteiger partial charge >= 0.3 is 5.97 Å². The zero-order valence-corrected chi connectivity index (χ0v) is 13.0. The molecule has 0 aliphatic carbocycles. The molecule has 0 bridgehead atoms. The van der Waals surface area contributed by atoms with E-state index in [0.717, 1.165) is 5.69 Å². The van der Waals surface area contributed by atoms with Crippen LogP contribution in [0.4, 0.5) is 5.69 Å². The molecule has 3 rings (SSSR count). The van der Waals surface area contributed by atoms with Gasteiger partial charge in [0, 0.05) is 6.20 Å². The topological polar surface area (TPSA) is 67.9 Å². The highest BCUT2D eigenvalue weighted by atomic mass is 35.5. The largest absolute Gasteiger partial charge is 0.426 e. The van der Waals surface area contributed by atoms with Crippen LogP contribution in [0.1, 0.15) is 0 Å². The van der Waals surface area contributed by atoms with Crippen molar-refractivity contribution in [2.24, 2.45) is 16.8 Å². The number of para-hydroxylation sites is 2. The van der Waals surface area contributed by atoms with Gasteiger partial charge < -0.3 is 10.5 Å². The number of ether oxygens (including phenoxy) is 1. The van der Waals surface area contributed by atoms with Crippen molar-refractivity contribution in [3.63, 3.8) is 0 Å². The van der Waals surface area contributed by atoms with Crippen LogP contribution in [0.15, 0.2) is 78.0 Å². The fraction of sp³-hybridized carbons (Fsp3) is 0.0588. The predicted molar refractivity (Wildman–Crippen MR) is 92.5 cm³/mol. The monoisotopic (exact) mass is 329 g/mol. The lowest BCUT2D eigenvalue weighted by atomic mass is 10.1. The average Bonchev–Trinajstić information content (AvgIpc) is 2.56. The van der Waals surface area contributed by atoms with Crippen molar-refractivity contribution in [3.8, 4) is 5.75 Å². The van der Waals surface area contributed by atoms with Crippen LogP contribution in [0.5, 0.6) is 5.75 Å². The highest BCUT2D eigenvalue weighted by molar-refractivity contribution is 6.03. The van der Waals surface area contributed by atoms with Crippen LogP contribution in [0.25, 0.3) is 0 Å². The van der Waals surface area contributed by atoms with Gasteiger partial charge in [0.25, 0.3) is 0 Å². The zero-order valence-electron chi connectivity index (χ0n) is 12.2. The van der Waals surface area contributed by atoms with Gasteiger partial charge in [-0.3, -0.25) is 4.79 Å². The van der Waals surface area contributed by atoms with E-state index >= 15 is 0 Å². The molecular weight excluding hydrogens is 314 g/mol. The summed E-state index contributed by atoms with van der Waals surface area (Å²) in [5.41, 5.74) is 6.79. The van der Waals surface area contributed by atoms with Gasteiger partial charge in [-0.05, 0) is 30.3 Å². The third kappa shape index (κ3) is 3.90. The molecule has 1 aliphatic heterocycles. The van der Waals surface area contributed by atoms with Crippen LogP contribution in [0.3, 0.4) is 0 Å². The maximum absolute atomic E-state index is 12.2. The molecule has 0 radical (unpaired) electrons. The van der Waals surface area contributed by atoms with Gasteiger partial charge in [-0.2, -0.15) is 5.10 Å². The Bertz CT molecular complexity index is 717. The molecule has 0 spiro atoms. The molecule has 2 aromatic rings.